The van der Waals surface area contributed by atoms with Crippen LogP contribution >= 0.6 is 0 Å². The summed E-state index contributed by atoms with van der Waals surface area (Å²) in [4.78, 5) is 0. The summed E-state index contributed by atoms with van der Waals surface area (Å²) in [5.41, 5.74) is 0. The Morgan fingerprint density at radius 1 is 0.929 bits per heavy atom. The van der Waals surface area contributed by atoms with Crippen molar-refractivity contribution in [2.24, 2.45) is 35.5 Å². The molecule has 0 saturated heterocycles. The third-order valence-electron chi connectivity index (χ3n) is 4.94. The Morgan fingerprint density at radius 2 is 1.64 bits per heavy atom. The Kier molecular flexibility index (Phi) is 2.91. The highest BCUT2D eigenvalue weighted by Gasteiger charge is 2.41. The zero-order chi connectivity index (χ0) is 10.3. The van der Waals surface area contributed by atoms with Gasteiger partial charge in [0.1, 0.15) is 0 Å². The Hall–Kier alpha value is 0. The van der Waals surface area contributed by atoms with Crippen LogP contribution in [-0.2, 0) is 0 Å². The molecule has 0 aliphatic heterocycles. The van der Waals surface area contributed by atoms with E-state index in [0.29, 0.717) is 0 Å². The lowest BCUT2D eigenvalue weighted by molar-refractivity contribution is 0.150. The van der Waals surface area contributed by atoms with Gasteiger partial charge in [-0.25, -0.2) is 0 Å². The molecular formula is C14H26. The zero-order valence-electron chi connectivity index (χ0n) is 10.3. The van der Waals surface area contributed by atoms with Crippen LogP contribution in [0.3, 0.4) is 0 Å². The summed E-state index contributed by atoms with van der Waals surface area (Å²) in [6.45, 7) is 9.78. The van der Waals surface area contributed by atoms with E-state index in [4.69, 9.17) is 0 Å². The number of fused-ring (bicyclic) bond motifs is 1. The van der Waals surface area contributed by atoms with Crippen molar-refractivity contribution < 1.29 is 0 Å². The molecule has 2 rings (SSSR count). The molecule has 0 amide bonds. The SMILES string of the molecule is CC1CC(C)C2CC(C(C)C)CC2C1. The maximum absolute atomic E-state index is 2.50. The molecule has 2 aliphatic carbocycles. The van der Waals surface area contributed by atoms with Crippen LogP contribution in [0.1, 0.15) is 53.4 Å². The summed E-state index contributed by atoms with van der Waals surface area (Å²) in [6, 6.07) is 0. The minimum Gasteiger partial charge on any atom is -0.0625 e. The molecule has 0 aromatic rings. The molecule has 0 heteroatoms. The van der Waals surface area contributed by atoms with Crippen molar-refractivity contribution in [3.05, 3.63) is 0 Å². The Bertz CT molecular complexity index is 194. The molecule has 0 N–H and O–H groups in total. The predicted molar refractivity (Wildman–Crippen MR) is 62.1 cm³/mol. The highest BCUT2D eigenvalue weighted by Crippen LogP contribution is 2.51. The van der Waals surface area contributed by atoms with E-state index in [1.54, 1.807) is 0 Å². The standard InChI is InChI=1S/C14H26/c1-9(2)12-7-13-6-10(3)5-11(4)14(13)8-12/h9-14H,5-8H2,1-4H3. The fourth-order valence-corrected chi connectivity index (χ4v) is 4.14. The fourth-order valence-electron chi connectivity index (χ4n) is 4.14. The van der Waals surface area contributed by atoms with Gasteiger partial charge in [0.25, 0.3) is 0 Å². The van der Waals surface area contributed by atoms with Crippen LogP contribution in [0.5, 0.6) is 0 Å². The molecule has 0 radical (unpaired) electrons. The maximum Gasteiger partial charge on any atom is -0.0357 e. The average Bonchev–Trinajstić information content (AvgIpc) is 2.47. The van der Waals surface area contributed by atoms with Crippen molar-refractivity contribution in [3.8, 4) is 0 Å². The molecule has 2 saturated carbocycles. The van der Waals surface area contributed by atoms with E-state index < -0.39 is 0 Å². The first kappa shape index (κ1) is 10.5. The van der Waals surface area contributed by atoms with Crippen molar-refractivity contribution in [1.29, 1.82) is 0 Å². The molecule has 14 heavy (non-hydrogen) atoms. The van der Waals surface area contributed by atoms with Gasteiger partial charge in [-0.1, -0.05) is 27.7 Å². The second-order valence-corrected chi connectivity index (χ2v) is 6.45. The summed E-state index contributed by atoms with van der Waals surface area (Å²) >= 11 is 0. The van der Waals surface area contributed by atoms with Crippen molar-refractivity contribution in [1.82, 2.24) is 0 Å². The topological polar surface area (TPSA) is 0 Å². The molecule has 5 unspecified atom stereocenters. The summed E-state index contributed by atoms with van der Waals surface area (Å²) in [5, 5.41) is 0. The average molecular weight is 194 g/mol. The van der Waals surface area contributed by atoms with Gasteiger partial charge in [-0.15, -0.1) is 0 Å². The predicted octanol–water partition coefficient (Wildman–Crippen LogP) is 4.35. The first-order chi connectivity index (χ1) is 6.58. The summed E-state index contributed by atoms with van der Waals surface area (Å²) in [6.07, 6.45) is 6.09. The van der Waals surface area contributed by atoms with Gasteiger partial charge < -0.3 is 0 Å². The lowest BCUT2D eigenvalue weighted by atomic mass is 9.70. The molecular weight excluding hydrogens is 168 g/mol. The third kappa shape index (κ3) is 1.85. The van der Waals surface area contributed by atoms with Gasteiger partial charge in [0.2, 0.25) is 0 Å². The van der Waals surface area contributed by atoms with Crippen molar-refractivity contribution in [2.75, 3.05) is 0 Å². The monoisotopic (exact) mass is 194 g/mol. The van der Waals surface area contributed by atoms with Gasteiger partial charge in [-0.05, 0) is 61.2 Å². The van der Waals surface area contributed by atoms with Crippen LogP contribution < -0.4 is 0 Å². The second-order valence-electron chi connectivity index (χ2n) is 6.45. The highest BCUT2D eigenvalue weighted by atomic mass is 14.5. The van der Waals surface area contributed by atoms with Crippen LogP contribution in [-0.4, -0.2) is 0 Å². The fraction of sp³-hybridized carbons (Fsp3) is 1.00. The lowest BCUT2D eigenvalue weighted by Gasteiger charge is -2.35. The molecule has 5 atom stereocenters. The molecule has 0 spiro atoms. The minimum atomic E-state index is 0.920. The van der Waals surface area contributed by atoms with E-state index in [-0.39, 0.29) is 0 Å². The molecule has 0 heterocycles. The normalized spacial score (nSPS) is 48.2. The Morgan fingerprint density at radius 3 is 2.29 bits per heavy atom. The van der Waals surface area contributed by atoms with Crippen LogP contribution in [0, 0.1) is 35.5 Å². The van der Waals surface area contributed by atoms with E-state index in [2.05, 4.69) is 27.7 Å². The van der Waals surface area contributed by atoms with E-state index in [0.717, 1.165) is 35.5 Å². The minimum absolute atomic E-state index is 0.920. The summed E-state index contributed by atoms with van der Waals surface area (Å²) in [5.74, 6) is 6.13. The maximum atomic E-state index is 2.50. The first-order valence-corrected chi connectivity index (χ1v) is 6.58. The Labute approximate surface area is 89.5 Å². The zero-order valence-corrected chi connectivity index (χ0v) is 10.3. The van der Waals surface area contributed by atoms with Gasteiger partial charge in [0.15, 0.2) is 0 Å². The van der Waals surface area contributed by atoms with Gasteiger partial charge in [0.05, 0.1) is 0 Å². The van der Waals surface area contributed by atoms with Gasteiger partial charge in [-0.2, -0.15) is 0 Å². The summed E-state index contributed by atoms with van der Waals surface area (Å²) < 4.78 is 0. The van der Waals surface area contributed by atoms with Crippen molar-refractivity contribution >= 4 is 0 Å². The largest absolute Gasteiger partial charge is 0.0625 e. The van der Waals surface area contributed by atoms with Crippen LogP contribution in [0.2, 0.25) is 0 Å². The van der Waals surface area contributed by atoms with Gasteiger partial charge in [-0.3, -0.25) is 0 Å². The lowest BCUT2D eigenvalue weighted by Crippen LogP contribution is -2.26. The van der Waals surface area contributed by atoms with Gasteiger partial charge in [0, 0.05) is 0 Å². The quantitative estimate of drug-likeness (QED) is 0.582. The van der Waals surface area contributed by atoms with E-state index in [9.17, 15) is 0 Å². The highest BCUT2D eigenvalue weighted by molar-refractivity contribution is 4.91. The van der Waals surface area contributed by atoms with E-state index in [1.807, 2.05) is 0 Å². The number of hydrogen-bond acceptors (Lipinski definition) is 0. The molecule has 0 bridgehead atoms. The second kappa shape index (κ2) is 3.87. The molecule has 0 aromatic heterocycles. The summed E-state index contributed by atoms with van der Waals surface area (Å²) in [7, 11) is 0. The molecule has 2 aliphatic rings. The van der Waals surface area contributed by atoms with Crippen LogP contribution in [0.25, 0.3) is 0 Å². The number of hydrogen-bond donors (Lipinski definition) is 0. The third-order valence-corrected chi connectivity index (χ3v) is 4.94. The van der Waals surface area contributed by atoms with Gasteiger partial charge >= 0.3 is 0 Å². The van der Waals surface area contributed by atoms with Crippen LogP contribution in [0.4, 0.5) is 0 Å². The van der Waals surface area contributed by atoms with E-state index >= 15 is 0 Å². The Balaban J connectivity index is 2.02. The first-order valence-electron chi connectivity index (χ1n) is 6.58. The molecule has 0 nitrogen and oxygen atoms in total. The van der Waals surface area contributed by atoms with Crippen LogP contribution in [0.15, 0.2) is 0 Å². The van der Waals surface area contributed by atoms with Crippen molar-refractivity contribution in [3.63, 3.8) is 0 Å². The number of rotatable bonds is 1. The van der Waals surface area contributed by atoms with Crippen molar-refractivity contribution in [2.45, 2.75) is 53.4 Å². The molecule has 2 fully saturated rings. The van der Waals surface area contributed by atoms with E-state index in [1.165, 1.54) is 25.7 Å². The molecule has 82 valence electrons. The molecule has 0 aromatic carbocycles. The smallest absolute Gasteiger partial charge is 0.0357 e.